The lowest BCUT2D eigenvalue weighted by atomic mass is 10.2. The van der Waals surface area contributed by atoms with E-state index in [4.69, 9.17) is 9.84 Å². The molecule has 2 N–H and O–H groups in total. The molecule has 0 aliphatic carbocycles. The maximum atomic E-state index is 9.98. The van der Waals surface area contributed by atoms with Gasteiger partial charge in [-0.3, -0.25) is 0 Å². The molecule has 5 nitrogen and oxygen atoms in total. The van der Waals surface area contributed by atoms with E-state index in [1.54, 1.807) is 0 Å². The SMILES string of the molecule is O=C(O)NN=C1CCCOC1. The largest absolute Gasteiger partial charge is 0.464 e. The highest BCUT2D eigenvalue weighted by Gasteiger charge is 2.06. The smallest absolute Gasteiger partial charge is 0.425 e. The van der Waals surface area contributed by atoms with E-state index in [2.05, 4.69) is 5.10 Å². The van der Waals surface area contributed by atoms with Gasteiger partial charge in [0, 0.05) is 6.61 Å². The first-order valence-electron chi connectivity index (χ1n) is 3.41. The van der Waals surface area contributed by atoms with Crippen LogP contribution in [0.2, 0.25) is 0 Å². The fourth-order valence-corrected chi connectivity index (χ4v) is 0.855. The van der Waals surface area contributed by atoms with Gasteiger partial charge < -0.3 is 9.84 Å². The van der Waals surface area contributed by atoms with Gasteiger partial charge in [-0.25, -0.2) is 10.2 Å². The van der Waals surface area contributed by atoms with E-state index in [1.165, 1.54) is 0 Å². The molecule has 1 rings (SSSR count). The molecule has 0 radical (unpaired) electrons. The zero-order valence-electron chi connectivity index (χ0n) is 6.04. The highest BCUT2D eigenvalue weighted by atomic mass is 16.5. The van der Waals surface area contributed by atoms with Crippen molar-refractivity contribution in [2.45, 2.75) is 12.8 Å². The van der Waals surface area contributed by atoms with Crippen LogP contribution < -0.4 is 5.43 Å². The highest BCUT2D eigenvalue weighted by molar-refractivity contribution is 5.86. The first-order valence-corrected chi connectivity index (χ1v) is 3.41. The molecule has 0 saturated carbocycles. The number of nitrogens with zero attached hydrogens (tertiary/aromatic N) is 1. The van der Waals surface area contributed by atoms with Crippen LogP contribution in [-0.2, 0) is 4.74 Å². The molecular weight excluding hydrogens is 148 g/mol. The van der Waals surface area contributed by atoms with Crippen LogP contribution in [0.3, 0.4) is 0 Å². The standard InChI is InChI=1S/C6H10N2O3/c9-6(10)8-7-5-2-1-3-11-4-5/h8H,1-4H2,(H,9,10). The Morgan fingerprint density at radius 3 is 3.09 bits per heavy atom. The molecule has 1 saturated heterocycles. The number of carboxylic acid groups (broad SMARTS) is 1. The Balaban J connectivity index is 2.32. The number of hydrogen-bond acceptors (Lipinski definition) is 3. The monoisotopic (exact) mass is 158 g/mol. The van der Waals surface area contributed by atoms with Crippen molar-refractivity contribution in [2.75, 3.05) is 13.2 Å². The molecule has 5 heteroatoms. The Kier molecular flexibility index (Phi) is 2.85. The maximum Gasteiger partial charge on any atom is 0.425 e. The van der Waals surface area contributed by atoms with Crippen LogP contribution in [0.1, 0.15) is 12.8 Å². The summed E-state index contributed by atoms with van der Waals surface area (Å²) in [7, 11) is 0. The van der Waals surface area contributed by atoms with E-state index in [9.17, 15) is 4.79 Å². The van der Waals surface area contributed by atoms with Crippen LogP contribution in [0.25, 0.3) is 0 Å². The minimum Gasteiger partial charge on any atom is -0.464 e. The first-order chi connectivity index (χ1) is 5.29. The molecular formula is C6H10N2O3. The Morgan fingerprint density at radius 1 is 1.73 bits per heavy atom. The van der Waals surface area contributed by atoms with Gasteiger partial charge in [0.25, 0.3) is 0 Å². The molecule has 0 aromatic rings. The van der Waals surface area contributed by atoms with Gasteiger partial charge in [0.15, 0.2) is 0 Å². The topological polar surface area (TPSA) is 70.9 Å². The van der Waals surface area contributed by atoms with Crippen molar-refractivity contribution in [2.24, 2.45) is 5.10 Å². The average molecular weight is 158 g/mol. The van der Waals surface area contributed by atoms with Crippen LogP contribution in [0.4, 0.5) is 4.79 Å². The van der Waals surface area contributed by atoms with Crippen molar-refractivity contribution >= 4 is 11.8 Å². The Hall–Kier alpha value is -1.10. The minimum atomic E-state index is -1.14. The van der Waals surface area contributed by atoms with E-state index >= 15 is 0 Å². The summed E-state index contributed by atoms with van der Waals surface area (Å²) in [6, 6.07) is 0. The Labute approximate surface area is 64.0 Å². The number of hydrazone groups is 1. The second kappa shape index (κ2) is 3.92. The molecule has 1 heterocycles. The number of hydrogen-bond donors (Lipinski definition) is 2. The number of amides is 1. The number of carbonyl (C=O) groups is 1. The summed E-state index contributed by atoms with van der Waals surface area (Å²) < 4.78 is 5.05. The van der Waals surface area contributed by atoms with Gasteiger partial charge in [-0.2, -0.15) is 5.10 Å². The molecule has 62 valence electrons. The first kappa shape index (κ1) is 8.00. The van der Waals surface area contributed by atoms with Crippen molar-refractivity contribution in [3.63, 3.8) is 0 Å². The molecule has 0 bridgehead atoms. The summed E-state index contributed by atoms with van der Waals surface area (Å²) in [5.74, 6) is 0. The van der Waals surface area contributed by atoms with Crippen molar-refractivity contribution in [1.82, 2.24) is 5.43 Å². The molecule has 11 heavy (non-hydrogen) atoms. The third-order valence-electron chi connectivity index (χ3n) is 1.33. The number of nitrogens with one attached hydrogen (secondary N) is 1. The third-order valence-corrected chi connectivity index (χ3v) is 1.33. The summed E-state index contributed by atoms with van der Waals surface area (Å²) in [6.45, 7) is 1.19. The zero-order chi connectivity index (χ0) is 8.10. The minimum absolute atomic E-state index is 0.445. The zero-order valence-corrected chi connectivity index (χ0v) is 6.04. The van der Waals surface area contributed by atoms with Crippen molar-refractivity contribution < 1.29 is 14.6 Å². The summed E-state index contributed by atoms with van der Waals surface area (Å²) in [5.41, 5.74) is 2.70. The van der Waals surface area contributed by atoms with Crippen LogP contribution in [0.15, 0.2) is 5.10 Å². The highest BCUT2D eigenvalue weighted by Crippen LogP contribution is 2.01. The molecule has 1 fully saturated rings. The normalized spacial score (nSPS) is 21.6. The van der Waals surface area contributed by atoms with E-state index in [0.29, 0.717) is 6.61 Å². The fourth-order valence-electron chi connectivity index (χ4n) is 0.855. The van der Waals surface area contributed by atoms with E-state index < -0.39 is 6.09 Å². The molecule has 0 aromatic carbocycles. The molecule has 1 aliphatic rings. The maximum absolute atomic E-state index is 9.98. The molecule has 1 amide bonds. The second-order valence-electron chi connectivity index (χ2n) is 2.25. The molecule has 0 aromatic heterocycles. The van der Waals surface area contributed by atoms with Gasteiger partial charge in [-0.15, -0.1) is 0 Å². The predicted molar refractivity (Wildman–Crippen MR) is 38.6 cm³/mol. The fraction of sp³-hybridized carbons (Fsp3) is 0.667. The lowest BCUT2D eigenvalue weighted by Gasteiger charge is -2.12. The van der Waals surface area contributed by atoms with E-state index in [1.807, 2.05) is 5.43 Å². The van der Waals surface area contributed by atoms with E-state index in [0.717, 1.165) is 25.2 Å². The lowest BCUT2D eigenvalue weighted by molar-refractivity contribution is 0.153. The van der Waals surface area contributed by atoms with Crippen molar-refractivity contribution in [1.29, 1.82) is 0 Å². The van der Waals surface area contributed by atoms with Gasteiger partial charge in [-0.05, 0) is 12.8 Å². The van der Waals surface area contributed by atoms with Crippen molar-refractivity contribution in [3.05, 3.63) is 0 Å². The lowest BCUT2D eigenvalue weighted by Crippen LogP contribution is -2.22. The van der Waals surface area contributed by atoms with Crippen LogP contribution in [0, 0.1) is 0 Å². The van der Waals surface area contributed by atoms with Gasteiger partial charge in [-0.1, -0.05) is 0 Å². The quantitative estimate of drug-likeness (QED) is 0.543. The molecule has 0 atom stereocenters. The predicted octanol–water partition coefficient (Wildman–Crippen LogP) is 0.420. The van der Waals surface area contributed by atoms with Crippen LogP contribution in [0.5, 0.6) is 0 Å². The van der Waals surface area contributed by atoms with Gasteiger partial charge in [0.2, 0.25) is 0 Å². The molecule has 0 spiro atoms. The van der Waals surface area contributed by atoms with Crippen molar-refractivity contribution in [3.8, 4) is 0 Å². The second-order valence-corrected chi connectivity index (χ2v) is 2.25. The summed E-state index contributed by atoms with van der Waals surface area (Å²) in [6.07, 6.45) is 0.600. The summed E-state index contributed by atoms with van der Waals surface area (Å²) >= 11 is 0. The summed E-state index contributed by atoms with van der Waals surface area (Å²) in [5, 5.41) is 11.8. The molecule has 0 unspecified atom stereocenters. The molecule has 1 aliphatic heterocycles. The Morgan fingerprint density at radius 2 is 2.55 bits per heavy atom. The summed E-state index contributed by atoms with van der Waals surface area (Å²) in [4.78, 5) is 9.98. The van der Waals surface area contributed by atoms with E-state index in [-0.39, 0.29) is 0 Å². The van der Waals surface area contributed by atoms with Gasteiger partial charge in [0.05, 0.1) is 12.3 Å². The van der Waals surface area contributed by atoms with Gasteiger partial charge in [0.1, 0.15) is 0 Å². The van der Waals surface area contributed by atoms with Gasteiger partial charge >= 0.3 is 6.09 Å². The third kappa shape index (κ3) is 2.99. The number of rotatable bonds is 1. The van der Waals surface area contributed by atoms with Crippen LogP contribution >= 0.6 is 0 Å². The average Bonchev–Trinajstić information content (AvgIpc) is 2.03. The van der Waals surface area contributed by atoms with Crippen LogP contribution in [-0.4, -0.2) is 30.1 Å². The number of ether oxygens (including phenoxy) is 1. The Bertz CT molecular complexity index is 171.